The van der Waals surface area contributed by atoms with E-state index in [9.17, 15) is 14.9 Å². The summed E-state index contributed by atoms with van der Waals surface area (Å²) < 4.78 is 0. The molecule has 1 aliphatic rings. The van der Waals surface area contributed by atoms with Gasteiger partial charge in [-0.05, 0) is 38.3 Å². The first-order valence-electron chi connectivity index (χ1n) is 6.45. The van der Waals surface area contributed by atoms with Crippen LogP contribution in [0.25, 0.3) is 0 Å². The third-order valence-corrected chi connectivity index (χ3v) is 3.26. The van der Waals surface area contributed by atoms with Crippen molar-refractivity contribution < 1.29 is 9.72 Å². The highest BCUT2D eigenvalue weighted by molar-refractivity contribution is 5.96. The lowest BCUT2D eigenvalue weighted by Gasteiger charge is -2.26. The van der Waals surface area contributed by atoms with Crippen LogP contribution in [-0.2, 0) is 0 Å². The summed E-state index contributed by atoms with van der Waals surface area (Å²) in [5, 5.41) is 16.8. The lowest BCUT2D eigenvalue weighted by Crippen LogP contribution is -2.39. The molecule has 0 atom stereocenters. The Morgan fingerprint density at radius 1 is 1.47 bits per heavy atom. The molecule has 1 aliphatic carbocycles. The zero-order chi connectivity index (χ0) is 13.8. The van der Waals surface area contributed by atoms with Gasteiger partial charge in [-0.1, -0.05) is 0 Å². The van der Waals surface area contributed by atoms with E-state index in [1.807, 2.05) is 6.92 Å². The fourth-order valence-electron chi connectivity index (χ4n) is 1.99. The minimum absolute atomic E-state index is 0.0666. The van der Waals surface area contributed by atoms with Gasteiger partial charge in [0, 0.05) is 24.2 Å². The number of nitrogens with zero attached hydrogens (tertiary/aromatic N) is 1. The highest BCUT2D eigenvalue weighted by atomic mass is 16.6. The van der Waals surface area contributed by atoms with Crippen molar-refractivity contribution in [3.05, 3.63) is 33.9 Å². The molecule has 6 nitrogen and oxygen atoms in total. The predicted molar refractivity (Wildman–Crippen MR) is 72.4 cm³/mol. The lowest BCUT2D eigenvalue weighted by molar-refractivity contribution is -0.384. The Morgan fingerprint density at radius 3 is 2.74 bits per heavy atom. The summed E-state index contributed by atoms with van der Waals surface area (Å²) in [7, 11) is 0. The second-order valence-electron chi connectivity index (χ2n) is 4.62. The molecule has 1 saturated carbocycles. The number of nitro benzene ring substituents is 1. The Hall–Kier alpha value is -2.11. The average Bonchev–Trinajstić information content (AvgIpc) is 2.34. The van der Waals surface area contributed by atoms with Crippen molar-refractivity contribution in [3.63, 3.8) is 0 Å². The molecule has 0 spiro atoms. The standard InChI is InChI=1S/C13H17N3O3/c1-2-14-11-7-6-9(8-12(11)16(18)19)13(17)15-10-4-3-5-10/h6-8,10,14H,2-5H2,1H3,(H,15,17). The number of anilines is 1. The molecule has 2 N–H and O–H groups in total. The molecule has 1 fully saturated rings. The Kier molecular flexibility index (Phi) is 3.99. The topological polar surface area (TPSA) is 84.3 Å². The van der Waals surface area contributed by atoms with Crippen molar-refractivity contribution in [2.24, 2.45) is 0 Å². The van der Waals surface area contributed by atoms with E-state index in [1.165, 1.54) is 6.07 Å². The first-order valence-corrected chi connectivity index (χ1v) is 6.45. The molecule has 2 rings (SSSR count). The molecule has 0 unspecified atom stereocenters. The van der Waals surface area contributed by atoms with Crippen LogP contribution < -0.4 is 10.6 Å². The van der Waals surface area contributed by atoms with Gasteiger partial charge in [0.2, 0.25) is 0 Å². The van der Waals surface area contributed by atoms with Crippen molar-refractivity contribution in [2.75, 3.05) is 11.9 Å². The van der Waals surface area contributed by atoms with Crippen molar-refractivity contribution in [2.45, 2.75) is 32.2 Å². The first kappa shape index (κ1) is 13.3. The number of carbonyl (C=O) groups excluding carboxylic acids is 1. The number of hydrogen-bond acceptors (Lipinski definition) is 4. The van der Waals surface area contributed by atoms with Crippen LogP contribution in [0.1, 0.15) is 36.5 Å². The monoisotopic (exact) mass is 263 g/mol. The van der Waals surface area contributed by atoms with E-state index in [-0.39, 0.29) is 17.6 Å². The van der Waals surface area contributed by atoms with Crippen molar-refractivity contribution in [1.29, 1.82) is 0 Å². The molecular weight excluding hydrogens is 246 g/mol. The van der Waals surface area contributed by atoms with Gasteiger partial charge < -0.3 is 10.6 Å². The average molecular weight is 263 g/mol. The Morgan fingerprint density at radius 2 is 2.21 bits per heavy atom. The van der Waals surface area contributed by atoms with E-state index >= 15 is 0 Å². The molecule has 0 radical (unpaired) electrons. The van der Waals surface area contributed by atoms with E-state index in [0.717, 1.165) is 19.3 Å². The van der Waals surface area contributed by atoms with Crippen LogP contribution in [0.2, 0.25) is 0 Å². The number of nitro groups is 1. The molecule has 0 bridgehead atoms. The quantitative estimate of drug-likeness (QED) is 0.630. The smallest absolute Gasteiger partial charge is 0.293 e. The normalized spacial score (nSPS) is 14.6. The zero-order valence-corrected chi connectivity index (χ0v) is 10.8. The van der Waals surface area contributed by atoms with Crippen LogP contribution in [0.4, 0.5) is 11.4 Å². The fraction of sp³-hybridized carbons (Fsp3) is 0.462. The molecule has 102 valence electrons. The van der Waals surface area contributed by atoms with Crippen LogP contribution in [0.3, 0.4) is 0 Å². The Labute approximate surface area is 111 Å². The maximum atomic E-state index is 11.9. The third-order valence-electron chi connectivity index (χ3n) is 3.26. The molecule has 19 heavy (non-hydrogen) atoms. The van der Waals surface area contributed by atoms with Crippen LogP contribution in [0, 0.1) is 10.1 Å². The number of rotatable bonds is 5. The first-order chi connectivity index (χ1) is 9.11. The van der Waals surface area contributed by atoms with Gasteiger partial charge in [-0.25, -0.2) is 0 Å². The van der Waals surface area contributed by atoms with Crippen LogP contribution in [0.5, 0.6) is 0 Å². The van der Waals surface area contributed by atoms with E-state index in [2.05, 4.69) is 10.6 Å². The Balaban J connectivity index is 2.18. The van der Waals surface area contributed by atoms with Gasteiger partial charge in [-0.2, -0.15) is 0 Å². The highest BCUT2D eigenvalue weighted by Gasteiger charge is 2.22. The summed E-state index contributed by atoms with van der Waals surface area (Å²) in [4.78, 5) is 22.5. The van der Waals surface area contributed by atoms with Crippen LogP contribution in [0.15, 0.2) is 18.2 Å². The molecule has 6 heteroatoms. The van der Waals surface area contributed by atoms with Gasteiger partial charge in [-0.3, -0.25) is 14.9 Å². The fourth-order valence-corrected chi connectivity index (χ4v) is 1.99. The molecule has 0 saturated heterocycles. The largest absolute Gasteiger partial charge is 0.380 e. The van der Waals surface area contributed by atoms with E-state index in [0.29, 0.717) is 17.8 Å². The van der Waals surface area contributed by atoms with E-state index in [1.54, 1.807) is 12.1 Å². The number of benzene rings is 1. The minimum Gasteiger partial charge on any atom is -0.380 e. The summed E-state index contributed by atoms with van der Waals surface area (Å²) in [6.45, 7) is 2.45. The summed E-state index contributed by atoms with van der Waals surface area (Å²) in [6, 6.07) is 4.74. The Bertz CT molecular complexity index is 498. The van der Waals surface area contributed by atoms with Crippen molar-refractivity contribution >= 4 is 17.3 Å². The van der Waals surface area contributed by atoms with Gasteiger partial charge in [0.1, 0.15) is 5.69 Å². The second kappa shape index (κ2) is 5.69. The van der Waals surface area contributed by atoms with Gasteiger partial charge in [0.05, 0.1) is 4.92 Å². The van der Waals surface area contributed by atoms with Crippen molar-refractivity contribution in [1.82, 2.24) is 5.32 Å². The highest BCUT2D eigenvalue weighted by Crippen LogP contribution is 2.26. The van der Waals surface area contributed by atoms with E-state index in [4.69, 9.17) is 0 Å². The van der Waals surface area contributed by atoms with Crippen LogP contribution >= 0.6 is 0 Å². The molecule has 1 aromatic rings. The van der Waals surface area contributed by atoms with Gasteiger partial charge in [-0.15, -0.1) is 0 Å². The van der Waals surface area contributed by atoms with Gasteiger partial charge in [0.15, 0.2) is 0 Å². The molecule has 1 aromatic carbocycles. The minimum atomic E-state index is -0.474. The zero-order valence-electron chi connectivity index (χ0n) is 10.8. The maximum Gasteiger partial charge on any atom is 0.293 e. The summed E-state index contributed by atoms with van der Waals surface area (Å²) in [5.41, 5.74) is 0.705. The lowest BCUT2D eigenvalue weighted by atomic mass is 9.93. The summed E-state index contributed by atoms with van der Waals surface area (Å²) >= 11 is 0. The van der Waals surface area contributed by atoms with Gasteiger partial charge in [0.25, 0.3) is 11.6 Å². The van der Waals surface area contributed by atoms with Crippen LogP contribution in [-0.4, -0.2) is 23.4 Å². The molecular formula is C13H17N3O3. The molecule has 0 aromatic heterocycles. The van der Waals surface area contributed by atoms with Gasteiger partial charge >= 0.3 is 0 Å². The summed E-state index contributed by atoms with van der Waals surface area (Å²) in [5.74, 6) is -0.240. The molecule has 0 heterocycles. The number of amides is 1. The number of nitrogens with one attached hydrogen (secondary N) is 2. The number of carbonyl (C=O) groups is 1. The molecule has 0 aliphatic heterocycles. The third kappa shape index (κ3) is 3.01. The second-order valence-corrected chi connectivity index (χ2v) is 4.62. The maximum absolute atomic E-state index is 11.9. The molecule has 1 amide bonds. The van der Waals surface area contributed by atoms with Crippen molar-refractivity contribution in [3.8, 4) is 0 Å². The SMILES string of the molecule is CCNc1ccc(C(=O)NC2CCC2)cc1[N+](=O)[O-]. The summed E-state index contributed by atoms with van der Waals surface area (Å²) in [6.07, 6.45) is 3.11. The number of hydrogen-bond donors (Lipinski definition) is 2. The predicted octanol–water partition coefficient (Wildman–Crippen LogP) is 2.31. The van der Waals surface area contributed by atoms with E-state index < -0.39 is 4.92 Å².